The van der Waals surface area contributed by atoms with E-state index in [9.17, 15) is 9.59 Å². The molecule has 216 valence electrons. The first-order valence-electron chi connectivity index (χ1n) is 13.9. The molecule has 1 aliphatic heterocycles. The summed E-state index contributed by atoms with van der Waals surface area (Å²) in [4.78, 5) is 26.8. The number of hydrogen-bond acceptors (Lipinski definition) is 5. The molecule has 40 heavy (non-hydrogen) atoms. The molecule has 8 nitrogen and oxygen atoms in total. The molecule has 0 bridgehead atoms. The number of para-hydroxylation sites is 2. The number of imidazole rings is 1. The van der Waals surface area contributed by atoms with Gasteiger partial charge in [-0.25, -0.2) is 14.6 Å². The molecule has 1 saturated heterocycles. The van der Waals surface area contributed by atoms with Crippen molar-refractivity contribution in [1.82, 2.24) is 14.5 Å². The summed E-state index contributed by atoms with van der Waals surface area (Å²) in [7, 11) is 0. The highest BCUT2D eigenvalue weighted by molar-refractivity contribution is 5.89. The Morgan fingerprint density at radius 1 is 0.950 bits per heavy atom. The van der Waals surface area contributed by atoms with Gasteiger partial charge in [0.15, 0.2) is 0 Å². The van der Waals surface area contributed by atoms with E-state index in [0.29, 0.717) is 24.7 Å². The minimum atomic E-state index is -1.26. The van der Waals surface area contributed by atoms with Crippen LogP contribution in [0, 0.1) is 0 Å². The summed E-state index contributed by atoms with van der Waals surface area (Å²) in [5.41, 5.74) is 4.83. The lowest BCUT2D eigenvalue weighted by Gasteiger charge is -2.35. The number of carboxylic acid groups (broad SMARTS) is 2. The molecule has 2 aromatic carbocycles. The van der Waals surface area contributed by atoms with Crippen LogP contribution in [0.4, 0.5) is 0 Å². The van der Waals surface area contributed by atoms with Crippen LogP contribution in [0.25, 0.3) is 11.0 Å². The largest absolute Gasteiger partial charge is 0.478 e. The Morgan fingerprint density at radius 3 is 2.05 bits per heavy atom. The Bertz CT molecular complexity index is 1290. The SMILES string of the molecule is CCOC(C)(C)n1c(C2CCN(Cc3ccc(C(C)(C)C)cc3)CC2)nc2ccccc21.O=C(O)/C=C/C(=O)O. The minimum Gasteiger partial charge on any atom is -0.478 e. The van der Waals surface area contributed by atoms with Gasteiger partial charge in [-0.2, -0.15) is 0 Å². The van der Waals surface area contributed by atoms with E-state index < -0.39 is 17.7 Å². The van der Waals surface area contributed by atoms with Gasteiger partial charge in [0.2, 0.25) is 0 Å². The molecule has 1 aliphatic rings. The highest BCUT2D eigenvalue weighted by atomic mass is 16.5. The Morgan fingerprint density at radius 2 is 1.52 bits per heavy atom. The van der Waals surface area contributed by atoms with Gasteiger partial charge >= 0.3 is 11.9 Å². The van der Waals surface area contributed by atoms with Gasteiger partial charge in [0, 0.05) is 31.2 Å². The van der Waals surface area contributed by atoms with E-state index in [0.717, 1.165) is 38.0 Å². The van der Waals surface area contributed by atoms with Crippen molar-refractivity contribution in [2.45, 2.75) is 78.0 Å². The molecular weight excluding hydrogens is 506 g/mol. The Kier molecular flexibility index (Phi) is 10.3. The molecule has 1 aromatic heterocycles. The topological polar surface area (TPSA) is 105 Å². The first-order chi connectivity index (χ1) is 18.8. The standard InChI is InChI=1S/C28H39N3O.C4H4O4/c1-7-32-28(5,6)31-25-11-9-8-10-24(25)29-26(31)22-16-18-30(19-17-22)20-21-12-14-23(15-13-21)27(2,3)4;5-3(6)1-2-4(7)8/h8-15,22H,7,16-20H2,1-6H3;1-2H,(H,5,6)(H,7,8)/b;2-1+. The van der Waals surface area contributed by atoms with Gasteiger partial charge in [-0.1, -0.05) is 57.2 Å². The highest BCUT2D eigenvalue weighted by Crippen LogP contribution is 2.35. The second kappa shape index (κ2) is 13.2. The molecule has 4 rings (SSSR count). The Labute approximate surface area is 237 Å². The van der Waals surface area contributed by atoms with Crippen molar-refractivity contribution < 1.29 is 24.5 Å². The number of piperidine rings is 1. The summed E-state index contributed by atoms with van der Waals surface area (Å²) in [5, 5.41) is 15.6. The molecule has 0 atom stereocenters. The van der Waals surface area contributed by atoms with Gasteiger partial charge < -0.3 is 14.9 Å². The average Bonchev–Trinajstić information content (AvgIpc) is 3.29. The van der Waals surface area contributed by atoms with Crippen LogP contribution in [0.1, 0.15) is 77.3 Å². The molecule has 3 aromatic rings. The number of nitrogens with zero attached hydrogens (tertiary/aromatic N) is 3. The van der Waals surface area contributed by atoms with Crippen LogP contribution in [0.2, 0.25) is 0 Å². The molecule has 2 heterocycles. The second-order valence-electron chi connectivity index (χ2n) is 11.7. The molecule has 0 aliphatic carbocycles. The lowest BCUT2D eigenvalue weighted by atomic mass is 9.86. The number of rotatable bonds is 8. The molecular formula is C32H43N3O5. The predicted molar refractivity (Wildman–Crippen MR) is 157 cm³/mol. The molecule has 0 spiro atoms. The quantitative estimate of drug-likeness (QED) is 0.325. The fraction of sp³-hybridized carbons (Fsp3) is 0.469. The summed E-state index contributed by atoms with van der Waals surface area (Å²) < 4.78 is 8.50. The molecule has 0 unspecified atom stereocenters. The van der Waals surface area contributed by atoms with E-state index in [1.807, 2.05) is 0 Å². The van der Waals surface area contributed by atoms with Crippen LogP contribution in [0.15, 0.2) is 60.7 Å². The van der Waals surface area contributed by atoms with Crippen LogP contribution in [0.5, 0.6) is 0 Å². The van der Waals surface area contributed by atoms with Crippen LogP contribution in [-0.4, -0.2) is 56.3 Å². The maximum atomic E-state index is 9.55. The summed E-state index contributed by atoms with van der Waals surface area (Å²) in [6, 6.07) is 17.6. The number of likely N-dealkylation sites (tertiary alicyclic amines) is 1. The molecule has 0 saturated carbocycles. The van der Waals surface area contributed by atoms with Crippen LogP contribution in [-0.2, 0) is 32.0 Å². The van der Waals surface area contributed by atoms with Crippen molar-refractivity contribution in [3.8, 4) is 0 Å². The fourth-order valence-corrected chi connectivity index (χ4v) is 5.16. The number of ether oxygens (including phenoxy) is 1. The summed E-state index contributed by atoms with van der Waals surface area (Å²) >= 11 is 0. The monoisotopic (exact) mass is 549 g/mol. The first kappa shape index (κ1) is 31.0. The molecule has 0 radical (unpaired) electrons. The lowest BCUT2D eigenvalue weighted by molar-refractivity contribution is -0.134. The smallest absolute Gasteiger partial charge is 0.328 e. The van der Waals surface area contributed by atoms with Gasteiger partial charge in [-0.05, 0) is 75.4 Å². The van der Waals surface area contributed by atoms with Crippen molar-refractivity contribution in [2.24, 2.45) is 0 Å². The van der Waals surface area contributed by atoms with Crippen molar-refractivity contribution in [3.63, 3.8) is 0 Å². The number of aromatic nitrogens is 2. The van der Waals surface area contributed by atoms with E-state index in [-0.39, 0.29) is 5.41 Å². The van der Waals surface area contributed by atoms with E-state index in [1.165, 1.54) is 22.5 Å². The lowest BCUT2D eigenvalue weighted by Crippen LogP contribution is -2.36. The number of carboxylic acids is 2. The molecule has 8 heteroatoms. The number of aliphatic carboxylic acids is 2. The van der Waals surface area contributed by atoms with Gasteiger partial charge in [-0.15, -0.1) is 0 Å². The summed E-state index contributed by atoms with van der Waals surface area (Å²) in [6.07, 6.45) is 3.38. The fourth-order valence-electron chi connectivity index (χ4n) is 5.16. The van der Waals surface area contributed by atoms with Crippen LogP contribution >= 0.6 is 0 Å². The number of hydrogen-bond donors (Lipinski definition) is 2. The van der Waals surface area contributed by atoms with E-state index in [2.05, 4.69) is 99.5 Å². The van der Waals surface area contributed by atoms with Crippen molar-refractivity contribution in [2.75, 3.05) is 19.7 Å². The van der Waals surface area contributed by atoms with Crippen molar-refractivity contribution in [3.05, 3.63) is 77.6 Å². The molecule has 0 amide bonds. The van der Waals surface area contributed by atoms with Gasteiger partial charge in [0.1, 0.15) is 11.5 Å². The first-order valence-corrected chi connectivity index (χ1v) is 13.9. The van der Waals surface area contributed by atoms with Crippen LogP contribution < -0.4 is 0 Å². The number of carbonyl (C=O) groups is 2. The van der Waals surface area contributed by atoms with Crippen molar-refractivity contribution >= 4 is 23.0 Å². The minimum absolute atomic E-state index is 0.206. The zero-order valence-corrected chi connectivity index (χ0v) is 24.6. The maximum Gasteiger partial charge on any atom is 0.328 e. The van der Waals surface area contributed by atoms with Crippen molar-refractivity contribution in [1.29, 1.82) is 0 Å². The van der Waals surface area contributed by atoms with Gasteiger partial charge in [0.05, 0.1) is 11.0 Å². The maximum absolute atomic E-state index is 9.55. The normalized spacial score (nSPS) is 15.2. The Hall–Kier alpha value is -3.49. The molecule has 2 N–H and O–H groups in total. The van der Waals surface area contributed by atoms with E-state index in [1.54, 1.807) is 0 Å². The highest BCUT2D eigenvalue weighted by Gasteiger charge is 2.32. The predicted octanol–water partition coefficient (Wildman–Crippen LogP) is 6.15. The van der Waals surface area contributed by atoms with Crippen LogP contribution in [0.3, 0.4) is 0 Å². The van der Waals surface area contributed by atoms with Gasteiger partial charge in [0.25, 0.3) is 0 Å². The number of benzene rings is 2. The zero-order chi connectivity index (χ0) is 29.5. The third-order valence-corrected chi connectivity index (χ3v) is 7.17. The average molecular weight is 550 g/mol. The molecule has 1 fully saturated rings. The number of fused-ring (bicyclic) bond motifs is 1. The third kappa shape index (κ3) is 8.26. The zero-order valence-electron chi connectivity index (χ0n) is 24.6. The second-order valence-corrected chi connectivity index (χ2v) is 11.7. The van der Waals surface area contributed by atoms with E-state index >= 15 is 0 Å². The Balaban J connectivity index is 0.000000482. The van der Waals surface area contributed by atoms with Gasteiger partial charge in [-0.3, -0.25) is 9.47 Å². The third-order valence-electron chi connectivity index (χ3n) is 7.17. The summed E-state index contributed by atoms with van der Waals surface area (Å²) in [6.45, 7) is 17.1. The van der Waals surface area contributed by atoms with E-state index in [4.69, 9.17) is 19.9 Å². The summed E-state index contributed by atoms with van der Waals surface area (Å²) in [5.74, 6) is -0.875.